The molecule has 0 saturated carbocycles. The Morgan fingerprint density at radius 1 is 1.57 bits per heavy atom. The van der Waals surface area contributed by atoms with Gasteiger partial charge in [-0.25, -0.2) is 0 Å². The van der Waals surface area contributed by atoms with Crippen LogP contribution in [0.15, 0.2) is 15.9 Å². The SMILES string of the molecule is CCNCCNC(=O)c1sccc1Br. The van der Waals surface area contributed by atoms with Crippen LogP contribution in [0.3, 0.4) is 0 Å². The second-order valence-electron chi connectivity index (χ2n) is 2.71. The standard InChI is InChI=1S/C9H13BrN2OS/c1-2-11-4-5-12-9(13)8-7(10)3-6-14-8/h3,6,11H,2,4-5H2,1H3,(H,12,13). The molecule has 0 spiro atoms. The van der Waals surface area contributed by atoms with E-state index in [-0.39, 0.29) is 5.91 Å². The van der Waals surface area contributed by atoms with Gasteiger partial charge in [-0.3, -0.25) is 4.79 Å². The van der Waals surface area contributed by atoms with Crippen molar-refractivity contribution in [3.63, 3.8) is 0 Å². The first-order chi connectivity index (χ1) is 6.75. The summed E-state index contributed by atoms with van der Waals surface area (Å²) in [7, 11) is 0. The molecular weight excluding hydrogens is 264 g/mol. The summed E-state index contributed by atoms with van der Waals surface area (Å²) in [5, 5.41) is 7.87. The van der Waals surface area contributed by atoms with E-state index in [0.717, 1.165) is 22.4 Å². The highest BCUT2D eigenvalue weighted by molar-refractivity contribution is 9.10. The van der Waals surface area contributed by atoms with E-state index in [0.29, 0.717) is 6.54 Å². The largest absolute Gasteiger partial charge is 0.350 e. The highest BCUT2D eigenvalue weighted by atomic mass is 79.9. The minimum absolute atomic E-state index is 0.00946. The molecule has 1 aromatic rings. The fraction of sp³-hybridized carbons (Fsp3) is 0.444. The van der Waals surface area contributed by atoms with Gasteiger partial charge in [-0.1, -0.05) is 6.92 Å². The number of amides is 1. The molecule has 5 heteroatoms. The fourth-order valence-electron chi connectivity index (χ4n) is 0.977. The van der Waals surface area contributed by atoms with Crippen LogP contribution in [0.1, 0.15) is 16.6 Å². The highest BCUT2D eigenvalue weighted by Gasteiger charge is 2.09. The summed E-state index contributed by atoms with van der Waals surface area (Å²) in [4.78, 5) is 12.3. The summed E-state index contributed by atoms with van der Waals surface area (Å²) in [5.41, 5.74) is 0. The number of thiophene rings is 1. The predicted octanol–water partition coefficient (Wildman–Crippen LogP) is 1.85. The van der Waals surface area contributed by atoms with Crippen LogP contribution in [0.4, 0.5) is 0 Å². The van der Waals surface area contributed by atoms with Gasteiger partial charge in [0.25, 0.3) is 5.91 Å². The van der Waals surface area contributed by atoms with E-state index in [4.69, 9.17) is 0 Å². The number of carbonyl (C=O) groups excluding carboxylic acids is 1. The van der Waals surface area contributed by atoms with Gasteiger partial charge in [0.05, 0.1) is 0 Å². The molecule has 0 aliphatic heterocycles. The van der Waals surface area contributed by atoms with E-state index in [2.05, 4.69) is 26.6 Å². The Labute approximate surface area is 96.0 Å². The molecule has 0 unspecified atom stereocenters. The lowest BCUT2D eigenvalue weighted by atomic mass is 10.4. The van der Waals surface area contributed by atoms with E-state index in [1.807, 2.05) is 18.4 Å². The van der Waals surface area contributed by atoms with Gasteiger partial charge < -0.3 is 10.6 Å². The second-order valence-corrected chi connectivity index (χ2v) is 4.48. The summed E-state index contributed by atoms with van der Waals surface area (Å²) in [6.45, 7) is 4.44. The van der Waals surface area contributed by atoms with Gasteiger partial charge in [-0.2, -0.15) is 0 Å². The number of nitrogens with one attached hydrogen (secondary N) is 2. The van der Waals surface area contributed by atoms with Crippen molar-refractivity contribution in [1.82, 2.24) is 10.6 Å². The molecule has 0 aliphatic rings. The maximum Gasteiger partial charge on any atom is 0.262 e. The number of hydrogen-bond donors (Lipinski definition) is 2. The minimum atomic E-state index is -0.00946. The van der Waals surface area contributed by atoms with E-state index in [1.165, 1.54) is 11.3 Å². The number of hydrogen-bond acceptors (Lipinski definition) is 3. The second kappa shape index (κ2) is 6.16. The van der Waals surface area contributed by atoms with Crippen molar-refractivity contribution in [2.75, 3.05) is 19.6 Å². The molecule has 0 fully saturated rings. The predicted molar refractivity (Wildman–Crippen MR) is 62.9 cm³/mol. The number of rotatable bonds is 5. The van der Waals surface area contributed by atoms with Gasteiger partial charge in [0.1, 0.15) is 4.88 Å². The lowest BCUT2D eigenvalue weighted by Crippen LogP contribution is -2.31. The molecule has 2 N–H and O–H groups in total. The first-order valence-corrected chi connectivity index (χ1v) is 6.15. The van der Waals surface area contributed by atoms with E-state index < -0.39 is 0 Å². The van der Waals surface area contributed by atoms with E-state index in [9.17, 15) is 4.79 Å². The summed E-state index contributed by atoms with van der Waals surface area (Å²) in [5.74, 6) is -0.00946. The molecule has 14 heavy (non-hydrogen) atoms. The Balaban J connectivity index is 2.32. The van der Waals surface area contributed by atoms with Crippen molar-refractivity contribution in [1.29, 1.82) is 0 Å². The van der Waals surface area contributed by atoms with Crippen LogP contribution < -0.4 is 10.6 Å². The average Bonchev–Trinajstić information content (AvgIpc) is 2.59. The minimum Gasteiger partial charge on any atom is -0.350 e. The molecule has 1 aromatic heterocycles. The van der Waals surface area contributed by atoms with Gasteiger partial charge in [0, 0.05) is 17.6 Å². The molecule has 78 valence electrons. The first-order valence-electron chi connectivity index (χ1n) is 4.47. The normalized spacial score (nSPS) is 10.1. The van der Waals surface area contributed by atoms with Crippen molar-refractivity contribution < 1.29 is 4.79 Å². The van der Waals surface area contributed by atoms with Crippen molar-refractivity contribution >= 4 is 33.2 Å². The van der Waals surface area contributed by atoms with Crippen molar-refractivity contribution in [3.05, 3.63) is 20.8 Å². The molecule has 0 saturated heterocycles. The molecule has 1 heterocycles. The Kier molecular flexibility index (Phi) is 5.14. The molecule has 0 bridgehead atoms. The van der Waals surface area contributed by atoms with Crippen LogP contribution in [-0.2, 0) is 0 Å². The third-order valence-corrected chi connectivity index (χ3v) is 3.50. The topological polar surface area (TPSA) is 41.1 Å². The van der Waals surface area contributed by atoms with Gasteiger partial charge >= 0.3 is 0 Å². The molecule has 0 aliphatic carbocycles. The third-order valence-electron chi connectivity index (χ3n) is 1.66. The molecule has 0 atom stereocenters. The zero-order valence-electron chi connectivity index (χ0n) is 7.97. The number of likely N-dealkylation sites (N-methyl/N-ethyl adjacent to an activating group) is 1. The van der Waals surface area contributed by atoms with Crippen molar-refractivity contribution in [2.24, 2.45) is 0 Å². The third kappa shape index (κ3) is 3.40. The molecule has 3 nitrogen and oxygen atoms in total. The first kappa shape index (κ1) is 11.7. The maximum atomic E-state index is 11.5. The van der Waals surface area contributed by atoms with Gasteiger partial charge in [-0.15, -0.1) is 11.3 Å². The van der Waals surface area contributed by atoms with Crippen LogP contribution in [0.5, 0.6) is 0 Å². The van der Waals surface area contributed by atoms with E-state index >= 15 is 0 Å². The summed E-state index contributed by atoms with van der Waals surface area (Å²) in [6, 6.07) is 1.88. The zero-order valence-corrected chi connectivity index (χ0v) is 10.4. The Morgan fingerprint density at radius 3 is 2.93 bits per heavy atom. The molecule has 1 amide bonds. The zero-order chi connectivity index (χ0) is 10.4. The summed E-state index contributed by atoms with van der Waals surface area (Å²) >= 11 is 4.77. The van der Waals surface area contributed by atoms with Crippen LogP contribution in [0.2, 0.25) is 0 Å². The van der Waals surface area contributed by atoms with Crippen molar-refractivity contribution in [2.45, 2.75) is 6.92 Å². The quantitative estimate of drug-likeness (QED) is 0.806. The lowest BCUT2D eigenvalue weighted by Gasteiger charge is -2.03. The molecule has 0 aromatic carbocycles. The van der Waals surface area contributed by atoms with Crippen LogP contribution in [-0.4, -0.2) is 25.5 Å². The van der Waals surface area contributed by atoms with Gasteiger partial charge in [-0.05, 0) is 33.9 Å². The van der Waals surface area contributed by atoms with Crippen LogP contribution >= 0.6 is 27.3 Å². The Bertz CT molecular complexity index is 301. The maximum absolute atomic E-state index is 11.5. The molecule has 1 rings (SSSR count). The van der Waals surface area contributed by atoms with Crippen LogP contribution in [0.25, 0.3) is 0 Å². The lowest BCUT2D eigenvalue weighted by molar-refractivity contribution is 0.0957. The average molecular weight is 277 g/mol. The highest BCUT2D eigenvalue weighted by Crippen LogP contribution is 2.21. The summed E-state index contributed by atoms with van der Waals surface area (Å²) in [6.07, 6.45) is 0. The summed E-state index contributed by atoms with van der Waals surface area (Å²) < 4.78 is 0.864. The van der Waals surface area contributed by atoms with Crippen molar-refractivity contribution in [3.8, 4) is 0 Å². The number of carbonyl (C=O) groups is 1. The molecule has 0 radical (unpaired) electrons. The number of halogens is 1. The van der Waals surface area contributed by atoms with Gasteiger partial charge in [0.2, 0.25) is 0 Å². The fourth-order valence-corrected chi connectivity index (χ4v) is 2.44. The molecular formula is C9H13BrN2OS. The van der Waals surface area contributed by atoms with Crippen LogP contribution in [0, 0.1) is 0 Å². The van der Waals surface area contributed by atoms with E-state index in [1.54, 1.807) is 0 Å². The Morgan fingerprint density at radius 2 is 2.36 bits per heavy atom. The Hall–Kier alpha value is -0.390. The monoisotopic (exact) mass is 276 g/mol. The van der Waals surface area contributed by atoms with Gasteiger partial charge in [0.15, 0.2) is 0 Å². The smallest absolute Gasteiger partial charge is 0.262 e.